The van der Waals surface area contributed by atoms with Crippen LogP contribution in [0.5, 0.6) is 0 Å². The summed E-state index contributed by atoms with van der Waals surface area (Å²) in [5, 5.41) is 20.1. The predicted octanol–water partition coefficient (Wildman–Crippen LogP) is 3.32. The summed E-state index contributed by atoms with van der Waals surface area (Å²) in [6.45, 7) is 3.70. The second-order valence-corrected chi connectivity index (χ2v) is 4.15. The van der Waals surface area contributed by atoms with E-state index in [4.69, 9.17) is 9.52 Å². The number of non-ortho nitro benzene ring substituents is 1. The molecule has 7 heteroatoms. The van der Waals surface area contributed by atoms with Gasteiger partial charge in [-0.15, -0.1) is 0 Å². The maximum atomic E-state index is 10.9. The fraction of sp³-hybridized carbons (Fsp3) is 0.200. The molecule has 2 aromatic heterocycles. The molecule has 0 aliphatic rings. The number of fused-ring (bicyclic) bond motifs is 1. The smallest absolute Gasteiger partial charge is 0.270 e. The minimum Gasteiger partial charge on any atom is -0.434 e. The van der Waals surface area contributed by atoms with E-state index in [1.165, 1.54) is 12.1 Å². The monoisotopic (exact) mass is 301 g/mol. The van der Waals surface area contributed by atoms with Gasteiger partial charge in [0.05, 0.1) is 11.5 Å². The van der Waals surface area contributed by atoms with Crippen molar-refractivity contribution in [2.75, 3.05) is 0 Å². The normalized spacial score (nSPS) is 10.1. The second kappa shape index (κ2) is 6.77. The lowest BCUT2D eigenvalue weighted by Gasteiger charge is -2.00. The van der Waals surface area contributed by atoms with Crippen LogP contribution in [-0.2, 0) is 6.61 Å². The number of nitro groups is 1. The largest absolute Gasteiger partial charge is 0.434 e. The van der Waals surface area contributed by atoms with Gasteiger partial charge in [-0.25, -0.2) is 4.98 Å². The van der Waals surface area contributed by atoms with E-state index in [1.54, 1.807) is 24.4 Å². The van der Waals surface area contributed by atoms with Crippen molar-refractivity contribution < 1.29 is 14.4 Å². The van der Waals surface area contributed by atoms with Crippen molar-refractivity contribution in [1.29, 1.82) is 0 Å². The number of nitro benzene ring substituents is 1. The van der Waals surface area contributed by atoms with Crippen LogP contribution in [0.2, 0.25) is 0 Å². The van der Waals surface area contributed by atoms with Crippen molar-refractivity contribution in [2.24, 2.45) is 0 Å². The Labute approximate surface area is 126 Å². The number of pyridine rings is 1. The average molecular weight is 301 g/mol. The van der Waals surface area contributed by atoms with Crippen LogP contribution in [0.15, 0.2) is 40.9 Å². The Morgan fingerprint density at radius 2 is 2.09 bits per heavy atom. The number of aliphatic hydroxyl groups excluding tert-OH is 1. The van der Waals surface area contributed by atoms with Gasteiger partial charge in [-0.1, -0.05) is 13.8 Å². The highest BCUT2D eigenvalue weighted by Crippen LogP contribution is 2.27. The number of hydrogen-bond acceptors (Lipinski definition) is 6. The van der Waals surface area contributed by atoms with E-state index in [1.807, 2.05) is 13.8 Å². The Balaban J connectivity index is 0.000000847. The highest BCUT2D eigenvalue weighted by atomic mass is 16.6. The fourth-order valence-electron chi connectivity index (χ4n) is 1.89. The molecule has 3 aromatic rings. The molecule has 0 saturated heterocycles. The first-order valence-electron chi connectivity index (χ1n) is 6.78. The van der Waals surface area contributed by atoms with Crippen LogP contribution in [0.1, 0.15) is 19.4 Å². The molecule has 22 heavy (non-hydrogen) atoms. The molecule has 7 nitrogen and oxygen atoms in total. The highest BCUT2D eigenvalue weighted by molar-refractivity contribution is 5.72. The number of aromatic nitrogens is 2. The average Bonchev–Trinajstić information content (AvgIpc) is 3.00. The Morgan fingerprint density at radius 1 is 1.32 bits per heavy atom. The van der Waals surface area contributed by atoms with Crippen LogP contribution in [0.25, 0.3) is 22.7 Å². The van der Waals surface area contributed by atoms with Gasteiger partial charge in [-0.3, -0.25) is 10.1 Å². The van der Waals surface area contributed by atoms with Crippen LogP contribution in [0, 0.1) is 10.1 Å². The minimum atomic E-state index is -0.524. The first kappa shape index (κ1) is 15.6. The molecule has 0 aliphatic carbocycles. The quantitative estimate of drug-likeness (QED) is 0.588. The first-order chi connectivity index (χ1) is 10.7. The van der Waals surface area contributed by atoms with Gasteiger partial charge in [0, 0.05) is 23.9 Å². The lowest BCUT2D eigenvalue weighted by Crippen LogP contribution is -1.92. The van der Waals surface area contributed by atoms with Crippen LogP contribution >= 0.6 is 0 Å². The zero-order chi connectivity index (χ0) is 16.1. The van der Waals surface area contributed by atoms with E-state index in [2.05, 4.69) is 9.97 Å². The van der Waals surface area contributed by atoms with Crippen LogP contribution in [0.3, 0.4) is 0 Å². The van der Waals surface area contributed by atoms with E-state index in [9.17, 15) is 10.1 Å². The number of nitrogens with zero attached hydrogens (tertiary/aromatic N) is 3. The molecule has 0 amide bonds. The Morgan fingerprint density at radius 3 is 2.73 bits per heavy atom. The molecule has 0 unspecified atom stereocenters. The van der Waals surface area contributed by atoms with Crippen molar-refractivity contribution in [2.45, 2.75) is 20.5 Å². The zero-order valence-electron chi connectivity index (χ0n) is 12.2. The van der Waals surface area contributed by atoms with Gasteiger partial charge in [0.15, 0.2) is 11.2 Å². The lowest BCUT2D eigenvalue weighted by molar-refractivity contribution is -0.384. The van der Waals surface area contributed by atoms with Crippen molar-refractivity contribution in [1.82, 2.24) is 9.97 Å². The fourth-order valence-corrected chi connectivity index (χ4v) is 1.89. The number of benzene rings is 1. The summed E-state index contributed by atoms with van der Waals surface area (Å²) in [6.07, 6.45) is 1.58. The molecule has 0 atom stereocenters. The maximum absolute atomic E-state index is 10.9. The van der Waals surface area contributed by atoms with Gasteiger partial charge in [-0.05, 0) is 23.8 Å². The van der Waals surface area contributed by atoms with Crippen molar-refractivity contribution in [3.63, 3.8) is 0 Å². The Kier molecular flexibility index (Phi) is 4.80. The SMILES string of the molecule is CC.O=[N+]([O-])c1cc(CO)cc(-c2nc3ncccc3o2)c1. The molecule has 0 radical (unpaired) electrons. The van der Waals surface area contributed by atoms with Crippen molar-refractivity contribution in [3.05, 3.63) is 52.2 Å². The van der Waals surface area contributed by atoms with Gasteiger partial charge in [0.25, 0.3) is 5.69 Å². The van der Waals surface area contributed by atoms with Crippen LogP contribution in [-0.4, -0.2) is 20.0 Å². The summed E-state index contributed by atoms with van der Waals surface area (Å²) in [6, 6.07) is 7.68. The Hall–Kier alpha value is -2.80. The van der Waals surface area contributed by atoms with E-state index >= 15 is 0 Å². The van der Waals surface area contributed by atoms with E-state index in [0.717, 1.165) is 0 Å². The highest BCUT2D eigenvalue weighted by Gasteiger charge is 2.15. The summed E-state index contributed by atoms with van der Waals surface area (Å²) in [5.74, 6) is 0.233. The van der Waals surface area contributed by atoms with Gasteiger partial charge < -0.3 is 9.52 Å². The summed E-state index contributed by atoms with van der Waals surface area (Å²) in [5.41, 5.74) is 1.66. The third-order valence-electron chi connectivity index (χ3n) is 2.78. The summed E-state index contributed by atoms with van der Waals surface area (Å²) in [4.78, 5) is 18.6. The minimum absolute atomic E-state index is 0.123. The predicted molar refractivity (Wildman–Crippen MR) is 81.2 cm³/mol. The standard InChI is InChI=1S/C13H9N3O4.C2H6/c17-7-8-4-9(6-10(5-8)16(18)19)13-15-12-11(20-13)2-1-3-14-12;1-2/h1-6,17H,7H2;1-2H3. The second-order valence-electron chi connectivity index (χ2n) is 4.15. The first-order valence-corrected chi connectivity index (χ1v) is 6.78. The zero-order valence-corrected chi connectivity index (χ0v) is 12.2. The molecule has 0 bridgehead atoms. The van der Waals surface area contributed by atoms with Gasteiger partial charge in [0.2, 0.25) is 5.89 Å². The number of hydrogen-bond donors (Lipinski definition) is 1. The summed E-state index contributed by atoms with van der Waals surface area (Å²) < 4.78 is 5.51. The molecular formula is C15H15N3O4. The molecular weight excluding hydrogens is 286 g/mol. The van der Waals surface area contributed by atoms with Crippen LogP contribution in [0.4, 0.5) is 5.69 Å². The maximum Gasteiger partial charge on any atom is 0.270 e. The van der Waals surface area contributed by atoms with E-state index in [0.29, 0.717) is 22.4 Å². The molecule has 0 saturated carbocycles. The molecule has 2 heterocycles. The van der Waals surface area contributed by atoms with E-state index < -0.39 is 4.92 Å². The van der Waals surface area contributed by atoms with E-state index in [-0.39, 0.29) is 18.2 Å². The van der Waals surface area contributed by atoms with Crippen molar-refractivity contribution in [3.8, 4) is 11.5 Å². The summed E-state index contributed by atoms with van der Waals surface area (Å²) >= 11 is 0. The number of aliphatic hydroxyl groups is 1. The number of rotatable bonds is 3. The molecule has 0 aliphatic heterocycles. The molecule has 1 aromatic carbocycles. The third kappa shape index (κ3) is 3.09. The third-order valence-corrected chi connectivity index (χ3v) is 2.78. The molecule has 1 N–H and O–H groups in total. The topological polar surface area (TPSA) is 102 Å². The van der Waals surface area contributed by atoms with Crippen LogP contribution < -0.4 is 0 Å². The molecule has 114 valence electrons. The number of oxazole rings is 1. The molecule has 3 rings (SSSR count). The Bertz CT molecular complexity index is 765. The summed E-state index contributed by atoms with van der Waals surface area (Å²) in [7, 11) is 0. The van der Waals surface area contributed by atoms with Gasteiger partial charge in [0.1, 0.15) is 0 Å². The lowest BCUT2D eigenvalue weighted by atomic mass is 10.1. The van der Waals surface area contributed by atoms with Gasteiger partial charge >= 0.3 is 0 Å². The van der Waals surface area contributed by atoms with Gasteiger partial charge in [-0.2, -0.15) is 4.98 Å². The molecule has 0 fully saturated rings. The molecule has 0 spiro atoms. The van der Waals surface area contributed by atoms with Crippen molar-refractivity contribution >= 4 is 16.9 Å².